The van der Waals surface area contributed by atoms with Crippen molar-refractivity contribution < 1.29 is 19.4 Å². The largest absolute Gasteiger partial charge is 0.497 e. The van der Waals surface area contributed by atoms with E-state index in [4.69, 9.17) is 9.84 Å². The van der Waals surface area contributed by atoms with Crippen LogP contribution < -0.4 is 15.4 Å². The van der Waals surface area contributed by atoms with Gasteiger partial charge in [-0.05, 0) is 42.3 Å². The topological polar surface area (TPSA) is 90.9 Å². The van der Waals surface area contributed by atoms with E-state index in [0.717, 1.165) is 42.0 Å². The second-order valence-corrected chi connectivity index (χ2v) is 8.00. The van der Waals surface area contributed by atoms with Gasteiger partial charge in [-0.3, -0.25) is 9.59 Å². The predicted octanol–water partition coefficient (Wildman–Crippen LogP) is 1.31. The number of hydrogen-bond acceptors (Lipinski definition) is 5. The average Bonchev–Trinajstić information content (AvgIpc) is 3.20. The maximum absolute atomic E-state index is 12.9. The zero-order chi connectivity index (χ0) is 22.2. The van der Waals surface area contributed by atoms with Crippen LogP contribution in [-0.4, -0.2) is 62.2 Å². The number of aliphatic hydroxyl groups is 1. The number of likely N-dealkylation sites (N-methyl/N-ethyl adjacent to an activating group) is 1. The Balaban J connectivity index is 1.55. The number of nitrogens with zero attached hydrogens (tertiary/aromatic N) is 1. The van der Waals surface area contributed by atoms with Crippen LogP contribution in [0.2, 0.25) is 0 Å². The Morgan fingerprint density at radius 3 is 2.35 bits per heavy atom. The Kier molecular flexibility index (Phi) is 8.03. The van der Waals surface area contributed by atoms with Gasteiger partial charge in [0.25, 0.3) is 0 Å². The number of carbonyl (C=O) groups excluding carboxylic acids is 2. The Morgan fingerprint density at radius 2 is 1.71 bits per heavy atom. The van der Waals surface area contributed by atoms with Crippen molar-refractivity contribution in [1.29, 1.82) is 0 Å². The third-order valence-electron chi connectivity index (χ3n) is 5.75. The molecule has 3 N–H and O–H groups in total. The molecule has 2 amide bonds. The van der Waals surface area contributed by atoms with Gasteiger partial charge in [0.1, 0.15) is 12.4 Å². The molecule has 3 rings (SSSR count). The van der Waals surface area contributed by atoms with Gasteiger partial charge in [0.05, 0.1) is 13.0 Å². The minimum atomic E-state index is -0.512. The summed E-state index contributed by atoms with van der Waals surface area (Å²) in [5.74, 6) is 0.550. The van der Waals surface area contributed by atoms with Crippen molar-refractivity contribution in [3.63, 3.8) is 0 Å². The number of amides is 2. The van der Waals surface area contributed by atoms with Crippen LogP contribution in [0.25, 0.3) is 0 Å². The molecule has 0 radical (unpaired) electrons. The second-order valence-electron chi connectivity index (χ2n) is 8.00. The van der Waals surface area contributed by atoms with E-state index in [0.29, 0.717) is 13.1 Å². The van der Waals surface area contributed by atoms with Crippen LogP contribution in [0.15, 0.2) is 48.5 Å². The highest BCUT2D eigenvalue weighted by molar-refractivity contribution is 5.80. The molecule has 0 saturated carbocycles. The highest BCUT2D eigenvalue weighted by atomic mass is 16.5. The van der Waals surface area contributed by atoms with Crippen LogP contribution in [-0.2, 0) is 22.6 Å². The summed E-state index contributed by atoms with van der Waals surface area (Å²) < 4.78 is 5.18. The standard InChI is InChI=1S/C24H31N3O4/c1-27-14-21(19-7-3-18(4-8-19)13-26-23(29)16-28)22(15-27)24(30)25-12-11-17-5-9-20(31-2)10-6-17/h3-10,21-22,28H,11-16H2,1-2H3,(H,25,30)(H,26,29)/t21-,22-/m0/s1. The van der Waals surface area contributed by atoms with Crippen molar-refractivity contribution in [3.05, 3.63) is 65.2 Å². The van der Waals surface area contributed by atoms with Crippen molar-refractivity contribution in [2.75, 3.05) is 40.4 Å². The van der Waals surface area contributed by atoms with Crippen LogP contribution in [0.5, 0.6) is 5.75 Å². The number of ether oxygens (including phenoxy) is 1. The maximum Gasteiger partial charge on any atom is 0.245 e. The molecule has 1 fully saturated rings. The van der Waals surface area contributed by atoms with E-state index >= 15 is 0 Å². The van der Waals surface area contributed by atoms with E-state index < -0.39 is 12.5 Å². The third-order valence-corrected chi connectivity index (χ3v) is 5.75. The molecular formula is C24H31N3O4. The van der Waals surface area contributed by atoms with Crippen molar-refractivity contribution in [3.8, 4) is 5.75 Å². The monoisotopic (exact) mass is 425 g/mol. The first kappa shape index (κ1) is 22.8. The fraction of sp³-hybridized carbons (Fsp3) is 0.417. The molecule has 0 spiro atoms. The van der Waals surface area contributed by atoms with E-state index in [2.05, 4.69) is 15.5 Å². The minimum Gasteiger partial charge on any atom is -0.497 e. The minimum absolute atomic E-state index is 0.0853. The lowest BCUT2D eigenvalue weighted by Crippen LogP contribution is -2.35. The van der Waals surface area contributed by atoms with Gasteiger partial charge in [0.15, 0.2) is 0 Å². The van der Waals surface area contributed by atoms with Crippen LogP contribution in [0.3, 0.4) is 0 Å². The molecule has 7 nitrogen and oxygen atoms in total. The fourth-order valence-electron chi connectivity index (χ4n) is 4.00. The van der Waals surface area contributed by atoms with Crippen LogP contribution in [0, 0.1) is 5.92 Å². The molecule has 7 heteroatoms. The fourth-order valence-corrected chi connectivity index (χ4v) is 4.00. The van der Waals surface area contributed by atoms with Gasteiger partial charge in [0, 0.05) is 32.1 Å². The number of aliphatic hydroxyl groups excluding tert-OH is 1. The molecule has 166 valence electrons. The summed E-state index contributed by atoms with van der Waals surface area (Å²) in [5, 5.41) is 14.5. The highest BCUT2D eigenvalue weighted by Crippen LogP contribution is 2.32. The summed E-state index contributed by atoms with van der Waals surface area (Å²) in [6, 6.07) is 15.9. The summed E-state index contributed by atoms with van der Waals surface area (Å²) in [7, 11) is 3.68. The molecule has 1 aliphatic rings. The van der Waals surface area contributed by atoms with Gasteiger partial charge in [-0.1, -0.05) is 36.4 Å². The summed E-state index contributed by atoms with van der Waals surface area (Å²) in [4.78, 5) is 26.3. The molecule has 2 atom stereocenters. The molecule has 31 heavy (non-hydrogen) atoms. The molecule has 0 aromatic heterocycles. The lowest BCUT2D eigenvalue weighted by Gasteiger charge is -2.19. The zero-order valence-electron chi connectivity index (χ0n) is 18.1. The van der Waals surface area contributed by atoms with E-state index in [9.17, 15) is 9.59 Å². The quantitative estimate of drug-likeness (QED) is 0.564. The number of rotatable bonds is 9. The number of methoxy groups -OCH3 is 1. The van der Waals surface area contributed by atoms with Crippen molar-refractivity contribution in [2.45, 2.75) is 18.9 Å². The smallest absolute Gasteiger partial charge is 0.245 e. The normalized spacial score (nSPS) is 18.5. The Hall–Kier alpha value is -2.90. The summed E-state index contributed by atoms with van der Waals surface area (Å²) >= 11 is 0. The van der Waals surface area contributed by atoms with Gasteiger partial charge in [0.2, 0.25) is 11.8 Å². The second kappa shape index (κ2) is 10.9. The molecule has 0 aliphatic carbocycles. The van der Waals surface area contributed by atoms with Crippen LogP contribution in [0.4, 0.5) is 0 Å². The molecule has 0 unspecified atom stereocenters. The maximum atomic E-state index is 12.9. The van der Waals surface area contributed by atoms with Crippen molar-refractivity contribution in [2.24, 2.45) is 5.92 Å². The lowest BCUT2D eigenvalue weighted by atomic mass is 9.88. The van der Waals surface area contributed by atoms with Gasteiger partial charge in [-0.25, -0.2) is 0 Å². The Morgan fingerprint density at radius 1 is 1.03 bits per heavy atom. The molecule has 2 aromatic carbocycles. The lowest BCUT2D eigenvalue weighted by molar-refractivity contribution is -0.125. The van der Waals surface area contributed by atoms with E-state index in [-0.39, 0.29) is 17.7 Å². The molecule has 1 aliphatic heterocycles. The van der Waals surface area contributed by atoms with E-state index in [1.165, 1.54) is 0 Å². The number of likely N-dealkylation sites (tertiary alicyclic amines) is 1. The van der Waals surface area contributed by atoms with Gasteiger partial charge < -0.3 is 25.4 Å². The van der Waals surface area contributed by atoms with Crippen LogP contribution in [0.1, 0.15) is 22.6 Å². The summed E-state index contributed by atoms with van der Waals surface area (Å²) in [6.07, 6.45) is 0.775. The van der Waals surface area contributed by atoms with E-state index in [1.807, 2.05) is 55.6 Å². The molecule has 2 aromatic rings. The summed E-state index contributed by atoms with van der Waals surface area (Å²) in [6.45, 7) is 2.02. The molecular weight excluding hydrogens is 394 g/mol. The van der Waals surface area contributed by atoms with E-state index in [1.54, 1.807) is 7.11 Å². The number of carbonyl (C=O) groups is 2. The van der Waals surface area contributed by atoms with Gasteiger partial charge in [-0.2, -0.15) is 0 Å². The van der Waals surface area contributed by atoms with Gasteiger partial charge in [-0.15, -0.1) is 0 Å². The van der Waals surface area contributed by atoms with Crippen molar-refractivity contribution >= 4 is 11.8 Å². The van der Waals surface area contributed by atoms with Crippen LogP contribution >= 0.6 is 0 Å². The first-order valence-corrected chi connectivity index (χ1v) is 10.6. The Labute approximate surface area is 183 Å². The summed E-state index contributed by atoms with van der Waals surface area (Å²) in [5.41, 5.74) is 3.24. The number of hydrogen-bond donors (Lipinski definition) is 3. The zero-order valence-corrected chi connectivity index (χ0v) is 18.1. The molecule has 0 bridgehead atoms. The number of nitrogens with one attached hydrogen (secondary N) is 2. The highest BCUT2D eigenvalue weighted by Gasteiger charge is 2.36. The van der Waals surface area contributed by atoms with Crippen molar-refractivity contribution in [1.82, 2.24) is 15.5 Å². The molecule has 1 heterocycles. The predicted molar refractivity (Wildman–Crippen MR) is 119 cm³/mol. The first-order chi connectivity index (χ1) is 15.0. The average molecular weight is 426 g/mol. The Bertz CT molecular complexity index is 867. The SMILES string of the molecule is COc1ccc(CCNC(=O)[C@H]2CN(C)C[C@H]2c2ccc(CNC(=O)CO)cc2)cc1. The van der Waals surface area contributed by atoms with Gasteiger partial charge >= 0.3 is 0 Å². The third kappa shape index (κ3) is 6.29. The number of benzene rings is 2. The molecule has 1 saturated heterocycles. The first-order valence-electron chi connectivity index (χ1n) is 10.6.